The number of amides is 2. The Morgan fingerprint density at radius 2 is 2.00 bits per heavy atom. The van der Waals surface area contributed by atoms with E-state index in [9.17, 15) is 15.0 Å². The first-order chi connectivity index (χ1) is 11.8. The zero-order valence-corrected chi connectivity index (χ0v) is 15.3. The molecule has 2 heterocycles. The van der Waals surface area contributed by atoms with Gasteiger partial charge in [-0.05, 0) is 41.9 Å². The maximum Gasteiger partial charge on any atom is 0.320 e. The number of piperidine rings is 1. The Balaban J connectivity index is 1.73. The smallest absolute Gasteiger partial charge is 0.320 e. The molecule has 2 fully saturated rings. The predicted molar refractivity (Wildman–Crippen MR) is 95.6 cm³/mol. The van der Waals surface area contributed by atoms with Crippen molar-refractivity contribution in [1.29, 1.82) is 0 Å². The highest BCUT2D eigenvalue weighted by Crippen LogP contribution is 2.57. The molecule has 1 aromatic carbocycles. The van der Waals surface area contributed by atoms with Gasteiger partial charge in [0, 0.05) is 31.1 Å². The third kappa shape index (κ3) is 2.21. The number of β-amino-alcohol motifs (C(OH)–C–C–N with tert-alkyl or cyclic N) is 1. The van der Waals surface area contributed by atoms with Crippen LogP contribution in [0.4, 0.5) is 4.79 Å². The first-order valence-corrected chi connectivity index (χ1v) is 9.30. The number of carbonyl (C=O) groups is 1. The average molecular weight is 344 g/mol. The van der Waals surface area contributed by atoms with E-state index in [4.69, 9.17) is 0 Å². The number of phenols is 1. The van der Waals surface area contributed by atoms with E-state index in [1.54, 1.807) is 11.0 Å². The van der Waals surface area contributed by atoms with Crippen molar-refractivity contribution in [1.82, 2.24) is 9.80 Å². The molecule has 1 aliphatic carbocycles. The minimum absolute atomic E-state index is 0.0375. The zero-order chi connectivity index (χ0) is 18.0. The van der Waals surface area contributed by atoms with Crippen LogP contribution < -0.4 is 0 Å². The summed E-state index contributed by atoms with van der Waals surface area (Å²) in [6, 6.07) is 5.91. The number of urea groups is 1. The van der Waals surface area contributed by atoms with Gasteiger partial charge in [0.15, 0.2) is 0 Å². The molecule has 0 radical (unpaired) electrons. The maximum atomic E-state index is 13.1. The van der Waals surface area contributed by atoms with Crippen molar-refractivity contribution < 1.29 is 15.0 Å². The molecule has 5 heteroatoms. The number of likely N-dealkylation sites (tertiary alicyclic amines) is 2. The Hall–Kier alpha value is -1.75. The number of carbonyl (C=O) groups excluding carboxylic acids is 1. The molecule has 136 valence electrons. The normalized spacial score (nSPS) is 33.3. The lowest BCUT2D eigenvalue weighted by atomic mass is 9.51. The molecule has 2 unspecified atom stereocenters. The molecule has 2 saturated heterocycles. The van der Waals surface area contributed by atoms with E-state index in [-0.39, 0.29) is 22.9 Å². The molecule has 0 saturated carbocycles. The van der Waals surface area contributed by atoms with E-state index in [0.29, 0.717) is 31.7 Å². The molecule has 25 heavy (non-hydrogen) atoms. The van der Waals surface area contributed by atoms with Crippen molar-refractivity contribution in [3.63, 3.8) is 0 Å². The van der Waals surface area contributed by atoms with E-state index in [0.717, 1.165) is 18.5 Å². The molecule has 3 aliphatic rings. The SMILES string of the molecule is CC12CCN(C(=O)N3CCC(O)C3)[C@H](Cc3c(O)cccc31)C2(C)C. The third-order valence-corrected chi connectivity index (χ3v) is 7.31. The number of aliphatic hydroxyl groups is 1. The van der Waals surface area contributed by atoms with Gasteiger partial charge in [-0.15, -0.1) is 0 Å². The van der Waals surface area contributed by atoms with E-state index < -0.39 is 6.10 Å². The topological polar surface area (TPSA) is 64.0 Å². The third-order valence-electron chi connectivity index (χ3n) is 7.31. The number of aliphatic hydroxyl groups excluding tert-OH is 1. The van der Waals surface area contributed by atoms with Crippen molar-refractivity contribution in [2.75, 3.05) is 19.6 Å². The second-order valence-corrected chi connectivity index (χ2v) is 8.69. The largest absolute Gasteiger partial charge is 0.508 e. The maximum absolute atomic E-state index is 13.1. The highest BCUT2D eigenvalue weighted by molar-refractivity contribution is 5.76. The van der Waals surface area contributed by atoms with Gasteiger partial charge in [-0.25, -0.2) is 4.79 Å². The van der Waals surface area contributed by atoms with Crippen LogP contribution in [0, 0.1) is 5.41 Å². The first-order valence-electron chi connectivity index (χ1n) is 9.30. The standard InChI is InChI=1S/C20H28N2O3/c1-19(2)17-11-14-15(5-4-6-16(14)24)20(19,3)8-10-22(17)18(25)21-9-7-13(23)12-21/h4-6,13,17,23-24H,7-12H2,1-3H3/t13?,17-,20?/m1/s1. The summed E-state index contributed by atoms with van der Waals surface area (Å²) < 4.78 is 0. The summed E-state index contributed by atoms with van der Waals surface area (Å²) in [4.78, 5) is 16.9. The average Bonchev–Trinajstić information content (AvgIpc) is 2.98. The quantitative estimate of drug-likeness (QED) is 0.760. The molecule has 4 rings (SSSR count). The molecule has 3 atom stereocenters. The highest BCUT2D eigenvalue weighted by Gasteiger charge is 2.57. The van der Waals surface area contributed by atoms with Crippen LogP contribution in [0.2, 0.25) is 0 Å². The number of rotatable bonds is 0. The van der Waals surface area contributed by atoms with Gasteiger partial charge in [0.1, 0.15) is 5.75 Å². The molecule has 2 aliphatic heterocycles. The van der Waals surface area contributed by atoms with Crippen molar-refractivity contribution in [2.45, 2.75) is 57.6 Å². The van der Waals surface area contributed by atoms with E-state index >= 15 is 0 Å². The van der Waals surface area contributed by atoms with Gasteiger partial charge in [-0.3, -0.25) is 0 Å². The molecule has 2 N–H and O–H groups in total. The number of nitrogens with zero attached hydrogens (tertiary/aromatic N) is 2. The van der Waals surface area contributed by atoms with Gasteiger partial charge in [0.25, 0.3) is 0 Å². The Labute approximate surface area is 149 Å². The fourth-order valence-electron chi connectivity index (χ4n) is 5.25. The summed E-state index contributed by atoms with van der Waals surface area (Å²) in [5.41, 5.74) is 2.08. The van der Waals surface area contributed by atoms with Gasteiger partial charge < -0.3 is 20.0 Å². The van der Waals surface area contributed by atoms with E-state index in [1.807, 2.05) is 11.0 Å². The van der Waals surface area contributed by atoms with Crippen LogP contribution in [0.25, 0.3) is 0 Å². The summed E-state index contributed by atoms with van der Waals surface area (Å²) in [6.07, 6.45) is 1.83. The predicted octanol–water partition coefficient (Wildman–Crippen LogP) is 2.49. The minimum Gasteiger partial charge on any atom is -0.508 e. The van der Waals surface area contributed by atoms with Gasteiger partial charge in [-0.2, -0.15) is 0 Å². The highest BCUT2D eigenvalue weighted by atomic mass is 16.3. The monoisotopic (exact) mass is 344 g/mol. The molecule has 0 spiro atoms. The second kappa shape index (κ2) is 5.37. The minimum atomic E-state index is -0.400. The molecule has 2 bridgehead atoms. The fraction of sp³-hybridized carbons (Fsp3) is 0.650. The van der Waals surface area contributed by atoms with Crippen molar-refractivity contribution in [2.24, 2.45) is 5.41 Å². The van der Waals surface area contributed by atoms with Crippen LogP contribution in [0.3, 0.4) is 0 Å². The van der Waals surface area contributed by atoms with Crippen molar-refractivity contribution >= 4 is 6.03 Å². The number of phenolic OH excluding ortho intramolecular Hbond substituents is 1. The molecular formula is C20H28N2O3. The lowest BCUT2D eigenvalue weighted by Crippen LogP contribution is -2.66. The van der Waals surface area contributed by atoms with Crippen LogP contribution in [0.1, 0.15) is 44.7 Å². The Morgan fingerprint density at radius 1 is 1.24 bits per heavy atom. The Morgan fingerprint density at radius 3 is 2.68 bits per heavy atom. The lowest BCUT2D eigenvalue weighted by Gasteiger charge is -2.61. The second-order valence-electron chi connectivity index (χ2n) is 8.69. The van der Waals surface area contributed by atoms with Crippen molar-refractivity contribution in [3.05, 3.63) is 29.3 Å². The molecule has 0 aromatic heterocycles. The number of hydrogen-bond donors (Lipinski definition) is 2. The molecule has 5 nitrogen and oxygen atoms in total. The lowest BCUT2D eigenvalue weighted by molar-refractivity contribution is -0.0231. The molecule has 1 aromatic rings. The summed E-state index contributed by atoms with van der Waals surface area (Å²) in [6.45, 7) is 8.57. The van der Waals surface area contributed by atoms with Crippen LogP contribution in [0.5, 0.6) is 5.75 Å². The van der Waals surface area contributed by atoms with E-state index in [2.05, 4.69) is 26.8 Å². The number of aromatic hydroxyl groups is 1. The zero-order valence-electron chi connectivity index (χ0n) is 15.3. The molecular weight excluding hydrogens is 316 g/mol. The Kier molecular flexibility index (Phi) is 3.59. The summed E-state index contributed by atoms with van der Waals surface area (Å²) in [5.74, 6) is 0.343. The van der Waals surface area contributed by atoms with Gasteiger partial charge in [0.2, 0.25) is 0 Å². The van der Waals surface area contributed by atoms with E-state index in [1.165, 1.54) is 5.56 Å². The number of hydrogen-bond acceptors (Lipinski definition) is 3. The van der Waals surface area contributed by atoms with Crippen molar-refractivity contribution in [3.8, 4) is 5.75 Å². The van der Waals surface area contributed by atoms with Crippen LogP contribution in [-0.2, 0) is 11.8 Å². The fourth-order valence-corrected chi connectivity index (χ4v) is 5.25. The summed E-state index contributed by atoms with van der Waals surface area (Å²) in [7, 11) is 0. The van der Waals surface area contributed by atoms with Crippen LogP contribution >= 0.6 is 0 Å². The summed E-state index contributed by atoms with van der Waals surface area (Å²) >= 11 is 0. The van der Waals surface area contributed by atoms with Gasteiger partial charge in [0.05, 0.1) is 6.10 Å². The number of fused-ring (bicyclic) bond motifs is 4. The number of benzene rings is 1. The Bertz CT molecular complexity index is 717. The first kappa shape index (κ1) is 16.7. The van der Waals surface area contributed by atoms with Crippen LogP contribution in [0.15, 0.2) is 18.2 Å². The van der Waals surface area contributed by atoms with Gasteiger partial charge >= 0.3 is 6.03 Å². The summed E-state index contributed by atoms with van der Waals surface area (Å²) in [5, 5.41) is 20.2. The van der Waals surface area contributed by atoms with Crippen LogP contribution in [-0.4, -0.2) is 57.8 Å². The molecule has 2 amide bonds. The van der Waals surface area contributed by atoms with Gasteiger partial charge in [-0.1, -0.05) is 32.9 Å².